The van der Waals surface area contributed by atoms with Gasteiger partial charge in [0.2, 0.25) is 0 Å². The fourth-order valence-electron chi connectivity index (χ4n) is 3.59. The number of rotatable bonds is 5. The summed E-state index contributed by atoms with van der Waals surface area (Å²) in [5.41, 5.74) is 0.638. The molecule has 100 valence electrons. The highest BCUT2D eigenvalue weighted by molar-refractivity contribution is 4.96. The Morgan fingerprint density at radius 2 is 1.94 bits per heavy atom. The predicted octanol–water partition coefficient (Wildman–Crippen LogP) is 4.23. The molecule has 0 aromatic carbocycles. The highest BCUT2D eigenvalue weighted by atomic mass is 14.9. The summed E-state index contributed by atoms with van der Waals surface area (Å²) >= 11 is 0. The van der Waals surface area contributed by atoms with Crippen LogP contribution in [0.4, 0.5) is 0 Å². The van der Waals surface area contributed by atoms with Crippen LogP contribution in [0.3, 0.4) is 0 Å². The number of hydrogen-bond donors (Lipinski definition) is 1. The van der Waals surface area contributed by atoms with Crippen LogP contribution in [0.25, 0.3) is 0 Å². The van der Waals surface area contributed by atoms with Crippen molar-refractivity contribution in [1.82, 2.24) is 5.32 Å². The van der Waals surface area contributed by atoms with E-state index < -0.39 is 0 Å². The van der Waals surface area contributed by atoms with E-state index in [0.29, 0.717) is 5.41 Å². The van der Waals surface area contributed by atoms with Gasteiger partial charge in [-0.3, -0.25) is 0 Å². The molecule has 0 heterocycles. The maximum atomic E-state index is 3.84. The van der Waals surface area contributed by atoms with E-state index >= 15 is 0 Å². The van der Waals surface area contributed by atoms with Crippen LogP contribution >= 0.6 is 0 Å². The molecule has 0 amide bonds. The van der Waals surface area contributed by atoms with Gasteiger partial charge in [0.05, 0.1) is 0 Å². The van der Waals surface area contributed by atoms with E-state index in [4.69, 9.17) is 0 Å². The molecule has 0 saturated heterocycles. The van der Waals surface area contributed by atoms with Crippen molar-refractivity contribution in [2.45, 2.75) is 72.3 Å². The lowest BCUT2D eigenvalue weighted by atomic mass is 9.81. The molecule has 2 saturated carbocycles. The molecule has 0 spiro atoms. The van der Waals surface area contributed by atoms with Gasteiger partial charge in [0.1, 0.15) is 0 Å². The molecule has 2 fully saturated rings. The molecule has 0 aliphatic heterocycles. The van der Waals surface area contributed by atoms with Crippen LogP contribution in [-0.2, 0) is 0 Å². The Bertz CT molecular complexity index is 244. The summed E-state index contributed by atoms with van der Waals surface area (Å²) < 4.78 is 0. The van der Waals surface area contributed by atoms with Gasteiger partial charge in [-0.15, -0.1) is 0 Å². The Morgan fingerprint density at radius 1 is 1.24 bits per heavy atom. The zero-order valence-corrected chi connectivity index (χ0v) is 12.3. The van der Waals surface area contributed by atoms with Crippen LogP contribution in [-0.4, -0.2) is 12.6 Å². The molecule has 1 N–H and O–H groups in total. The first kappa shape index (κ1) is 13.4. The second-order valence-corrected chi connectivity index (χ2v) is 7.66. The summed E-state index contributed by atoms with van der Waals surface area (Å²) in [5, 5.41) is 3.84. The Morgan fingerprint density at radius 3 is 2.53 bits per heavy atom. The molecule has 0 radical (unpaired) electrons. The first-order valence-electron chi connectivity index (χ1n) is 7.71. The van der Waals surface area contributed by atoms with E-state index in [1.165, 1.54) is 45.1 Å². The van der Waals surface area contributed by atoms with Crippen molar-refractivity contribution in [2.24, 2.45) is 23.2 Å². The Kier molecular flexibility index (Phi) is 4.18. The Hall–Kier alpha value is -0.0400. The molecule has 1 heteroatoms. The molecular weight excluding hydrogens is 206 g/mol. The molecule has 0 aromatic heterocycles. The lowest BCUT2D eigenvalue weighted by Crippen LogP contribution is -2.36. The van der Waals surface area contributed by atoms with Gasteiger partial charge in [-0.1, -0.05) is 40.5 Å². The summed E-state index contributed by atoms with van der Waals surface area (Å²) in [5.74, 6) is 2.82. The fourth-order valence-corrected chi connectivity index (χ4v) is 3.59. The normalized spacial score (nSPS) is 36.2. The minimum absolute atomic E-state index is 0.638. The van der Waals surface area contributed by atoms with Crippen molar-refractivity contribution >= 4 is 0 Å². The Labute approximate surface area is 108 Å². The molecule has 0 bridgehead atoms. The minimum atomic E-state index is 0.638. The smallest absolute Gasteiger partial charge is 0.00698 e. The molecular formula is C16H31N. The minimum Gasteiger partial charge on any atom is -0.314 e. The number of nitrogens with one attached hydrogen (secondary N) is 1. The Balaban J connectivity index is 1.67. The second-order valence-electron chi connectivity index (χ2n) is 7.66. The summed E-state index contributed by atoms with van der Waals surface area (Å²) in [6.45, 7) is 10.8. The van der Waals surface area contributed by atoms with Crippen molar-refractivity contribution < 1.29 is 0 Å². The van der Waals surface area contributed by atoms with Crippen LogP contribution < -0.4 is 5.32 Å². The highest BCUT2D eigenvalue weighted by Gasteiger charge is 2.45. The lowest BCUT2D eigenvalue weighted by molar-refractivity contribution is 0.250. The van der Waals surface area contributed by atoms with E-state index in [1.807, 2.05) is 0 Å². The van der Waals surface area contributed by atoms with Gasteiger partial charge in [-0.2, -0.15) is 0 Å². The van der Waals surface area contributed by atoms with Crippen molar-refractivity contribution in [3.8, 4) is 0 Å². The first-order chi connectivity index (χ1) is 7.97. The predicted molar refractivity (Wildman–Crippen MR) is 75.1 cm³/mol. The van der Waals surface area contributed by atoms with Crippen LogP contribution in [0.15, 0.2) is 0 Å². The van der Waals surface area contributed by atoms with Crippen molar-refractivity contribution in [3.63, 3.8) is 0 Å². The topological polar surface area (TPSA) is 12.0 Å². The van der Waals surface area contributed by atoms with E-state index in [9.17, 15) is 0 Å². The summed E-state index contributed by atoms with van der Waals surface area (Å²) in [4.78, 5) is 0. The maximum absolute atomic E-state index is 3.84. The van der Waals surface area contributed by atoms with E-state index in [-0.39, 0.29) is 0 Å². The summed E-state index contributed by atoms with van der Waals surface area (Å²) in [6.07, 6.45) is 8.65. The highest BCUT2D eigenvalue weighted by Crippen LogP contribution is 2.51. The molecule has 0 aromatic rings. The molecule has 17 heavy (non-hydrogen) atoms. The van der Waals surface area contributed by atoms with Crippen LogP contribution in [0, 0.1) is 23.2 Å². The van der Waals surface area contributed by atoms with E-state index in [1.54, 1.807) is 0 Å². The summed E-state index contributed by atoms with van der Waals surface area (Å²) in [7, 11) is 0. The maximum Gasteiger partial charge on any atom is 0.00698 e. The van der Waals surface area contributed by atoms with Gasteiger partial charge in [-0.25, -0.2) is 0 Å². The standard InChI is InChI=1S/C16H31N/c1-12(2)8-13-6-5-7-15(9-13)17-11-14-10-16(14,3)4/h12-15,17H,5-11H2,1-4H3. The monoisotopic (exact) mass is 237 g/mol. The molecule has 1 nitrogen and oxygen atoms in total. The number of hydrogen-bond acceptors (Lipinski definition) is 1. The zero-order chi connectivity index (χ0) is 12.5. The quantitative estimate of drug-likeness (QED) is 0.754. The molecule has 2 rings (SSSR count). The third kappa shape index (κ3) is 3.98. The SMILES string of the molecule is CC(C)CC1CCCC(NCC2CC2(C)C)C1. The van der Waals surface area contributed by atoms with E-state index in [2.05, 4.69) is 33.0 Å². The largest absolute Gasteiger partial charge is 0.314 e. The van der Waals surface area contributed by atoms with Gasteiger partial charge in [0.25, 0.3) is 0 Å². The second kappa shape index (κ2) is 5.30. The summed E-state index contributed by atoms with van der Waals surface area (Å²) in [6, 6.07) is 0.823. The van der Waals surface area contributed by atoms with Crippen molar-refractivity contribution in [3.05, 3.63) is 0 Å². The van der Waals surface area contributed by atoms with Crippen LogP contribution in [0.5, 0.6) is 0 Å². The molecule has 2 aliphatic rings. The van der Waals surface area contributed by atoms with Gasteiger partial charge >= 0.3 is 0 Å². The van der Waals surface area contributed by atoms with Gasteiger partial charge < -0.3 is 5.32 Å². The van der Waals surface area contributed by atoms with Crippen LogP contribution in [0.2, 0.25) is 0 Å². The third-order valence-electron chi connectivity index (χ3n) is 4.96. The van der Waals surface area contributed by atoms with Crippen molar-refractivity contribution in [1.29, 1.82) is 0 Å². The first-order valence-corrected chi connectivity index (χ1v) is 7.71. The van der Waals surface area contributed by atoms with E-state index in [0.717, 1.165) is 23.8 Å². The van der Waals surface area contributed by atoms with Crippen molar-refractivity contribution in [2.75, 3.05) is 6.54 Å². The zero-order valence-electron chi connectivity index (χ0n) is 12.3. The average Bonchev–Trinajstić information content (AvgIpc) is 2.83. The van der Waals surface area contributed by atoms with Gasteiger partial charge in [0, 0.05) is 6.04 Å². The molecule has 3 unspecified atom stereocenters. The van der Waals surface area contributed by atoms with Gasteiger partial charge in [-0.05, 0) is 55.4 Å². The third-order valence-corrected chi connectivity index (χ3v) is 4.96. The fraction of sp³-hybridized carbons (Fsp3) is 1.00. The molecule has 3 atom stereocenters. The lowest BCUT2D eigenvalue weighted by Gasteiger charge is -2.31. The molecule has 2 aliphatic carbocycles. The van der Waals surface area contributed by atoms with Crippen LogP contribution in [0.1, 0.15) is 66.2 Å². The van der Waals surface area contributed by atoms with Gasteiger partial charge in [0.15, 0.2) is 0 Å². The average molecular weight is 237 g/mol.